The van der Waals surface area contributed by atoms with Gasteiger partial charge in [-0.2, -0.15) is 0 Å². The number of benzene rings is 2. The molecule has 0 bridgehead atoms. The predicted molar refractivity (Wildman–Crippen MR) is 125 cm³/mol. The van der Waals surface area contributed by atoms with Gasteiger partial charge >= 0.3 is 0 Å². The molecule has 2 amide bonds. The van der Waals surface area contributed by atoms with Crippen molar-refractivity contribution in [3.8, 4) is 11.8 Å². The maximum Gasteiger partial charge on any atom is 0.252 e. The number of amides is 2. The van der Waals surface area contributed by atoms with E-state index in [4.69, 9.17) is 10.5 Å². The van der Waals surface area contributed by atoms with E-state index in [0.717, 1.165) is 38.4 Å². The number of alkyl halides is 2. The van der Waals surface area contributed by atoms with Crippen LogP contribution in [-0.4, -0.2) is 55.0 Å². The zero-order valence-corrected chi connectivity index (χ0v) is 19.3. The lowest BCUT2D eigenvalue weighted by molar-refractivity contribution is -0.128. The Morgan fingerprint density at radius 3 is 2.09 bits per heavy atom. The molecule has 1 aliphatic rings. The minimum atomic E-state index is -2.82. The van der Waals surface area contributed by atoms with Crippen LogP contribution in [0.3, 0.4) is 0 Å². The van der Waals surface area contributed by atoms with Crippen molar-refractivity contribution in [1.29, 1.82) is 0 Å². The molecule has 2 aromatic rings. The summed E-state index contributed by atoms with van der Waals surface area (Å²) >= 11 is 0. The summed E-state index contributed by atoms with van der Waals surface area (Å²) in [6.07, 6.45) is -2.82. The van der Waals surface area contributed by atoms with Crippen LogP contribution in [0.4, 0.5) is 8.78 Å². The van der Waals surface area contributed by atoms with Crippen molar-refractivity contribution in [2.45, 2.75) is 32.4 Å². The van der Waals surface area contributed by atoms with Crippen LogP contribution in [0.25, 0.3) is 0 Å². The standard InChI is InChI=1S/C26H29F2N3O3/c1-18(23(27)28)26(2,25(29)33)30-24(32)22-11-9-20(10-12-22)4-3-19-5-7-21(8-6-19)17-31-13-15-34-16-14-31/h5-12,18,23H,13-17H2,1-2H3,(H2,29,33)(H,30,32). The first-order valence-electron chi connectivity index (χ1n) is 11.1. The van der Waals surface area contributed by atoms with Gasteiger partial charge in [0.05, 0.1) is 13.2 Å². The number of halogens is 2. The van der Waals surface area contributed by atoms with Crippen LogP contribution < -0.4 is 11.1 Å². The maximum absolute atomic E-state index is 13.2. The highest BCUT2D eigenvalue weighted by Crippen LogP contribution is 2.24. The summed E-state index contributed by atoms with van der Waals surface area (Å²) < 4.78 is 31.7. The lowest BCUT2D eigenvalue weighted by Gasteiger charge is -2.33. The average Bonchev–Trinajstić information content (AvgIpc) is 2.83. The van der Waals surface area contributed by atoms with Crippen molar-refractivity contribution in [3.05, 3.63) is 70.8 Å². The van der Waals surface area contributed by atoms with E-state index in [1.54, 1.807) is 12.1 Å². The minimum Gasteiger partial charge on any atom is -0.379 e. The second-order valence-electron chi connectivity index (χ2n) is 8.56. The Kier molecular flexibility index (Phi) is 8.37. The summed E-state index contributed by atoms with van der Waals surface area (Å²) in [5.41, 5.74) is 6.40. The molecule has 1 fully saturated rings. The highest BCUT2D eigenvalue weighted by molar-refractivity contribution is 5.99. The lowest BCUT2D eigenvalue weighted by atomic mass is 9.86. The summed E-state index contributed by atoms with van der Waals surface area (Å²) in [6.45, 7) is 6.66. The van der Waals surface area contributed by atoms with E-state index in [-0.39, 0.29) is 5.56 Å². The second kappa shape index (κ2) is 11.2. The largest absolute Gasteiger partial charge is 0.379 e. The average molecular weight is 470 g/mol. The molecule has 2 aromatic carbocycles. The number of nitrogens with zero attached hydrogens (tertiary/aromatic N) is 1. The van der Waals surface area contributed by atoms with E-state index < -0.39 is 29.7 Å². The van der Waals surface area contributed by atoms with Gasteiger partial charge < -0.3 is 15.8 Å². The highest BCUT2D eigenvalue weighted by atomic mass is 19.3. The van der Waals surface area contributed by atoms with Crippen LogP contribution in [0, 0.1) is 17.8 Å². The Morgan fingerprint density at radius 1 is 1.06 bits per heavy atom. The third kappa shape index (κ3) is 6.40. The zero-order valence-electron chi connectivity index (χ0n) is 19.3. The van der Waals surface area contributed by atoms with Crippen molar-refractivity contribution in [1.82, 2.24) is 10.2 Å². The van der Waals surface area contributed by atoms with Gasteiger partial charge in [0, 0.05) is 42.2 Å². The number of morpholine rings is 1. The fraction of sp³-hybridized carbons (Fsp3) is 0.385. The first-order valence-corrected chi connectivity index (χ1v) is 11.1. The summed E-state index contributed by atoms with van der Waals surface area (Å²) in [6, 6.07) is 14.4. The topological polar surface area (TPSA) is 84.7 Å². The Hall–Kier alpha value is -3.28. The lowest BCUT2D eigenvalue weighted by Crippen LogP contribution is -2.60. The first-order chi connectivity index (χ1) is 16.2. The first kappa shape index (κ1) is 25.3. The van der Waals surface area contributed by atoms with Gasteiger partial charge in [0.1, 0.15) is 5.54 Å². The summed E-state index contributed by atoms with van der Waals surface area (Å²) in [7, 11) is 0. The highest BCUT2D eigenvalue weighted by Gasteiger charge is 2.43. The third-order valence-electron chi connectivity index (χ3n) is 6.14. The second-order valence-corrected chi connectivity index (χ2v) is 8.56. The SMILES string of the molecule is CC(C(F)F)C(C)(NC(=O)c1ccc(C#Cc2ccc(CN3CCOCC3)cc2)cc1)C(N)=O. The maximum atomic E-state index is 13.2. The van der Waals surface area contributed by atoms with Crippen molar-refractivity contribution < 1.29 is 23.1 Å². The molecule has 2 unspecified atom stereocenters. The van der Waals surface area contributed by atoms with Gasteiger partial charge in [-0.1, -0.05) is 30.9 Å². The molecular weight excluding hydrogens is 440 g/mol. The molecule has 0 aliphatic carbocycles. The van der Waals surface area contributed by atoms with Gasteiger partial charge in [-0.3, -0.25) is 14.5 Å². The van der Waals surface area contributed by atoms with Crippen LogP contribution in [0.5, 0.6) is 0 Å². The molecule has 6 nitrogen and oxygen atoms in total. The Morgan fingerprint density at radius 2 is 1.59 bits per heavy atom. The van der Waals surface area contributed by atoms with Crippen LogP contribution in [0.15, 0.2) is 48.5 Å². The number of primary amides is 1. The van der Waals surface area contributed by atoms with Crippen molar-refractivity contribution in [3.63, 3.8) is 0 Å². The summed E-state index contributed by atoms with van der Waals surface area (Å²) in [5.74, 6) is 3.01. The van der Waals surface area contributed by atoms with Gasteiger partial charge in [0.15, 0.2) is 0 Å². The van der Waals surface area contributed by atoms with Crippen LogP contribution in [-0.2, 0) is 16.1 Å². The summed E-state index contributed by atoms with van der Waals surface area (Å²) in [4.78, 5) is 26.7. The van der Waals surface area contributed by atoms with E-state index in [1.807, 2.05) is 12.1 Å². The molecule has 1 heterocycles. The normalized spacial score (nSPS) is 16.7. The van der Waals surface area contributed by atoms with E-state index in [2.05, 4.69) is 34.2 Å². The van der Waals surface area contributed by atoms with Crippen LogP contribution in [0.1, 0.15) is 40.9 Å². The molecule has 34 heavy (non-hydrogen) atoms. The third-order valence-corrected chi connectivity index (χ3v) is 6.14. The molecule has 0 aromatic heterocycles. The molecule has 8 heteroatoms. The molecule has 2 atom stereocenters. The van der Waals surface area contributed by atoms with Gasteiger partial charge in [0.25, 0.3) is 5.91 Å². The van der Waals surface area contributed by atoms with Crippen molar-refractivity contribution >= 4 is 11.8 Å². The number of carbonyl (C=O) groups excluding carboxylic acids is 2. The van der Waals surface area contributed by atoms with E-state index in [0.29, 0.717) is 5.56 Å². The Labute approximate surface area is 198 Å². The van der Waals surface area contributed by atoms with E-state index in [1.165, 1.54) is 31.5 Å². The molecule has 0 radical (unpaired) electrons. The minimum absolute atomic E-state index is 0.215. The molecule has 0 saturated carbocycles. The van der Waals surface area contributed by atoms with Gasteiger partial charge in [-0.25, -0.2) is 8.78 Å². The number of nitrogens with two attached hydrogens (primary N) is 1. The number of hydrogen-bond donors (Lipinski definition) is 2. The molecule has 0 spiro atoms. The summed E-state index contributed by atoms with van der Waals surface area (Å²) in [5, 5.41) is 2.36. The Bertz CT molecular complexity index is 1060. The number of hydrogen-bond acceptors (Lipinski definition) is 4. The number of carbonyl (C=O) groups is 2. The molecule has 1 aliphatic heterocycles. The number of nitrogens with one attached hydrogen (secondary N) is 1. The molecule has 3 N–H and O–H groups in total. The fourth-order valence-electron chi connectivity index (χ4n) is 3.52. The van der Waals surface area contributed by atoms with Crippen LogP contribution in [0.2, 0.25) is 0 Å². The molecule has 180 valence electrons. The smallest absolute Gasteiger partial charge is 0.252 e. The molecular formula is C26H29F2N3O3. The zero-order chi connectivity index (χ0) is 24.7. The number of ether oxygens (including phenoxy) is 1. The van der Waals surface area contributed by atoms with E-state index >= 15 is 0 Å². The van der Waals surface area contributed by atoms with Crippen LogP contribution >= 0.6 is 0 Å². The van der Waals surface area contributed by atoms with Crippen molar-refractivity contribution in [2.75, 3.05) is 26.3 Å². The predicted octanol–water partition coefficient (Wildman–Crippen LogP) is 2.79. The monoisotopic (exact) mass is 469 g/mol. The van der Waals surface area contributed by atoms with Gasteiger partial charge in [0.2, 0.25) is 12.3 Å². The molecule has 3 rings (SSSR count). The molecule has 1 saturated heterocycles. The van der Waals surface area contributed by atoms with Gasteiger partial charge in [-0.05, 0) is 48.9 Å². The quantitative estimate of drug-likeness (QED) is 0.611. The van der Waals surface area contributed by atoms with Crippen molar-refractivity contribution in [2.24, 2.45) is 11.7 Å². The van der Waals surface area contributed by atoms with E-state index in [9.17, 15) is 18.4 Å². The Balaban J connectivity index is 1.62. The number of rotatable bonds is 7. The fourth-order valence-corrected chi connectivity index (χ4v) is 3.52. The van der Waals surface area contributed by atoms with Gasteiger partial charge in [-0.15, -0.1) is 0 Å².